The van der Waals surface area contributed by atoms with E-state index in [0.717, 1.165) is 17.6 Å². The monoisotopic (exact) mass is 248 g/mol. The van der Waals surface area contributed by atoms with Gasteiger partial charge in [-0.3, -0.25) is 0 Å². The summed E-state index contributed by atoms with van der Waals surface area (Å²) in [6.07, 6.45) is 2.10. The Balaban J connectivity index is 2.14. The van der Waals surface area contributed by atoms with Crippen LogP contribution in [0.15, 0.2) is 24.3 Å². The van der Waals surface area contributed by atoms with Crippen LogP contribution in [0.4, 0.5) is 5.95 Å². The van der Waals surface area contributed by atoms with Crippen LogP contribution in [-0.4, -0.2) is 32.7 Å². The Labute approximate surface area is 105 Å². The number of anilines is 1. The molecular formula is C12H16N4S. The van der Waals surface area contributed by atoms with Crippen LogP contribution in [0.2, 0.25) is 0 Å². The fraction of sp³-hybridized carbons (Fsp3) is 0.417. The molecule has 5 heteroatoms. The highest BCUT2D eigenvalue weighted by atomic mass is 32.2. The van der Waals surface area contributed by atoms with Crippen molar-refractivity contribution in [3.05, 3.63) is 24.3 Å². The second-order valence-electron chi connectivity index (χ2n) is 4.44. The lowest BCUT2D eigenvalue weighted by atomic mass is 10.2. The quantitative estimate of drug-likeness (QED) is 0.901. The van der Waals surface area contributed by atoms with Gasteiger partial charge in [0.15, 0.2) is 0 Å². The Hall–Kier alpha value is -1.36. The minimum absolute atomic E-state index is 0.162. The first-order valence-electron chi connectivity index (χ1n) is 5.49. The highest BCUT2D eigenvalue weighted by molar-refractivity contribution is 7.99. The summed E-state index contributed by atoms with van der Waals surface area (Å²) in [7, 11) is 0. The van der Waals surface area contributed by atoms with E-state index in [4.69, 9.17) is 0 Å². The fourth-order valence-corrected chi connectivity index (χ4v) is 1.54. The number of hydrogen-bond acceptors (Lipinski definition) is 5. The first-order valence-corrected chi connectivity index (χ1v) is 6.72. The highest BCUT2D eigenvalue weighted by Gasteiger charge is 2.16. The minimum Gasteiger partial charge on any atom is -0.352 e. The molecule has 0 saturated carbocycles. The summed E-state index contributed by atoms with van der Waals surface area (Å²) >= 11 is 1.81. The van der Waals surface area contributed by atoms with E-state index >= 15 is 0 Å². The molecule has 0 atom stereocenters. The van der Waals surface area contributed by atoms with E-state index in [1.54, 1.807) is 0 Å². The lowest BCUT2D eigenvalue weighted by Gasteiger charge is -2.21. The normalized spacial score (nSPS) is 11.7. The molecule has 0 bridgehead atoms. The molecule has 0 aliphatic rings. The number of rotatable bonds is 4. The summed E-state index contributed by atoms with van der Waals surface area (Å²) in [5, 5.41) is 11.4. The second kappa shape index (κ2) is 4.87. The number of fused-ring (bicyclic) bond motifs is 1. The van der Waals surface area contributed by atoms with E-state index in [-0.39, 0.29) is 4.75 Å². The maximum Gasteiger partial charge on any atom is 0.243 e. The van der Waals surface area contributed by atoms with Crippen molar-refractivity contribution >= 4 is 28.7 Å². The largest absolute Gasteiger partial charge is 0.352 e. The number of nitrogens with zero attached hydrogens (tertiary/aromatic N) is 3. The van der Waals surface area contributed by atoms with Gasteiger partial charge in [0.2, 0.25) is 5.95 Å². The van der Waals surface area contributed by atoms with Crippen molar-refractivity contribution in [2.45, 2.75) is 18.6 Å². The molecule has 1 aromatic heterocycles. The summed E-state index contributed by atoms with van der Waals surface area (Å²) < 4.78 is 0.162. The zero-order chi connectivity index (χ0) is 12.3. The van der Waals surface area contributed by atoms with Crippen LogP contribution in [0.3, 0.4) is 0 Å². The van der Waals surface area contributed by atoms with E-state index in [9.17, 15) is 0 Å². The number of hydrogen-bond donors (Lipinski definition) is 1. The lowest BCUT2D eigenvalue weighted by Crippen LogP contribution is -2.26. The topological polar surface area (TPSA) is 50.7 Å². The predicted molar refractivity (Wildman–Crippen MR) is 73.4 cm³/mol. The molecule has 0 unspecified atom stereocenters. The second-order valence-corrected chi connectivity index (χ2v) is 5.95. The Morgan fingerprint density at radius 2 is 1.88 bits per heavy atom. The van der Waals surface area contributed by atoms with Crippen LogP contribution in [0.1, 0.15) is 13.8 Å². The van der Waals surface area contributed by atoms with Crippen LogP contribution in [0.5, 0.6) is 0 Å². The van der Waals surface area contributed by atoms with Gasteiger partial charge in [0.05, 0.1) is 5.52 Å². The molecule has 0 amide bonds. The number of aromatic nitrogens is 3. The molecule has 0 aliphatic carbocycles. The van der Waals surface area contributed by atoms with Crippen LogP contribution < -0.4 is 5.32 Å². The van der Waals surface area contributed by atoms with Crippen molar-refractivity contribution < 1.29 is 0 Å². The Morgan fingerprint density at radius 3 is 2.59 bits per heavy atom. The molecule has 1 N–H and O–H groups in total. The Bertz CT molecular complexity index is 513. The number of benzene rings is 1. The van der Waals surface area contributed by atoms with Gasteiger partial charge in [0.1, 0.15) is 5.52 Å². The molecule has 1 aromatic carbocycles. The van der Waals surface area contributed by atoms with E-state index in [2.05, 4.69) is 40.6 Å². The van der Waals surface area contributed by atoms with E-state index < -0.39 is 0 Å². The third-order valence-electron chi connectivity index (χ3n) is 2.59. The zero-order valence-corrected chi connectivity index (χ0v) is 11.1. The summed E-state index contributed by atoms with van der Waals surface area (Å²) in [5.74, 6) is 0.589. The third kappa shape index (κ3) is 3.06. The minimum atomic E-state index is 0.162. The molecule has 90 valence electrons. The highest BCUT2D eigenvalue weighted by Crippen LogP contribution is 2.21. The van der Waals surface area contributed by atoms with Crippen LogP contribution in [0.25, 0.3) is 11.0 Å². The SMILES string of the molecule is CSC(C)(C)CNc1nnc2ccccc2n1. The molecule has 4 nitrogen and oxygen atoms in total. The van der Waals surface area contributed by atoms with Crippen molar-refractivity contribution in [3.8, 4) is 0 Å². The van der Waals surface area contributed by atoms with Gasteiger partial charge in [-0.15, -0.1) is 10.2 Å². The molecule has 1 heterocycles. The van der Waals surface area contributed by atoms with Crippen molar-refractivity contribution in [2.24, 2.45) is 0 Å². The maximum atomic E-state index is 4.42. The van der Waals surface area contributed by atoms with Crippen molar-refractivity contribution in [1.29, 1.82) is 0 Å². The third-order valence-corrected chi connectivity index (χ3v) is 3.83. The van der Waals surface area contributed by atoms with Gasteiger partial charge in [0.25, 0.3) is 0 Å². The molecule has 0 fully saturated rings. The lowest BCUT2D eigenvalue weighted by molar-refractivity contribution is 0.745. The van der Waals surface area contributed by atoms with Crippen molar-refractivity contribution in [1.82, 2.24) is 15.2 Å². The van der Waals surface area contributed by atoms with E-state index in [1.165, 1.54) is 0 Å². The summed E-state index contributed by atoms with van der Waals surface area (Å²) in [6, 6.07) is 7.73. The standard InChI is InChI=1S/C12H16N4S/c1-12(2,17-3)8-13-11-14-9-6-4-5-7-10(9)15-16-11/h4-7H,8H2,1-3H3,(H,13,14,16). The van der Waals surface area contributed by atoms with Gasteiger partial charge in [-0.25, -0.2) is 4.98 Å². The summed E-state index contributed by atoms with van der Waals surface area (Å²) in [5.41, 5.74) is 1.69. The Kier molecular flexibility index (Phi) is 3.47. The first-order chi connectivity index (χ1) is 8.11. The van der Waals surface area contributed by atoms with Crippen LogP contribution in [0, 0.1) is 0 Å². The predicted octanol–water partition coefficient (Wildman–Crippen LogP) is 2.58. The maximum absolute atomic E-state index is 4.42. The van der Waals surface area contributed by atoms with Gasteiger partial charge in [-0.2, -0.15) is 11.8 Å². The van der Waals surface area contributed by atoms with Gasteiger partial charge >= 0.3 is 0 Å². The number of thioether (sulfide) groups is 1. The van der Waals surface area contributed by atoms with Crippen molar-refractivity contribution in [2.75, 3.05) is 18.1 Å². The van der Waals surface area contributed by atoms with Gasteiger partial charge in [0, 0.05) is 11.3 Å². The molecule has 2 rings (SSSR count). The average molecular weight is 248 g/mol. The van der Waals surface area contributed by atoms with E-state index in [0.29, 0.717) is 5.95 Å². The molecule has 0 saturated heterocycles. The summed E-state index contributed by atoms with van der Waals surface area (Å²) in [4.78, 5) is 4.42. The van der Waals surface area contributed by atoms with Crippen molar-refractivity contribution in [3.63, 3.8) is 0 Å². The first kappa shape index (κ1) is 12.1. The fourth-order valence-electron chi connectivity index (χ4n) is 1.32. The smallest absolute Gasteiger partial charge is 0.243 e. The number of para-hydroxylation sites is 1. The number of nitrogens with one attached hydrogen (secondary N) is 1. The van der Waals surface area contributed by atoms with Crippen LogP contribution >= 0.6 is 11.8 Å². The van der Waals surface area contributed by atoms with Gasteiger partial charge < -0.3 is 5.32 Å². The van der Waals surface area contributed by atoms with Gasteiger partial charge in [-0.05, 0) is 32.2 Å². The molecule has 0 aliphatic heterocycles. The Morgan fingerprint density at radius 1 is 1.18 bits per heavy atom. The van der Waals surface area contributed by atoms with E-state index in [1.807, 2.05) is 36.0 Å². The molecule has 0 radical (unpaired) electrons. The van der Waals surface area contributed by atoms with Crippen LogP contribution in [-0.2, 0) is 0 Å². The average Bonchev–Trinajstić information content (AvgIpc) is 2.36. The van der Waals surface area contributed by atoms with Gasteiger partial charge in [-0.1, -0.05) is 12.1 Å². The zero-order valence-electron chi connectivity index (χ0n) is 10.3. The summed E-state index contributed by atoms with van der Waals surface area (Å²) in [6.45, 7) is 5.17. The molecule has 0 spiro atoms. The molecular weight excluding hydrogens is 232 g/mol. The molecule has 17 heavy (non-hydrogen) atoms. The molecule has 2 aromatic rings.